The molecule has 2 fully saturated rings. The van der Waals surface area contributed by atoms with Gasteiger partial charge in [0.05, 0.1) is 0 Å². The predicted molar refractivity (Wildman–Crippen MR) is 89.9 cm³/mol. The van der Waals surface area contributed by atoms with Crippen LogP contribution in [-0.2, 0) is 4.79 Å². The van der Waals surface area contributed by atoms with Crippen molar-refractivity contribution >= 4 is 29.1 Å². The molecule has 1 saturated carbocycles. The van der Waals surface area contributed by atoms with Crippen LogP contribution in [0.4, 0.5) is 0 Å². The van der Waals surface area contributed by atoms with Crippen LogP contribution in [0.5, 0.6) is 5.75 Å². The van der Waals surface area contributed by atoms with Gasteiger partial charge in [-0.2, -0.15) is 0 Å². The summed E-state index contributed by atoms with van der Waals surface area (Å²) >= 11 is 11.4. The molecule has 5 atom stereocenters. The number of halogens is 3. The van der Waals surface area contributed by atoms with Crippen LogP contribution in [0.3, 0.4) is 0 Å². The van der Waals surface area contributed by atoms with E-state index in [1.807, 2.05) is 0 Å². The fourth-order valence-corrected chi connectivity index (χ4v) is 8.27. The Kier molecular flexibility index (Phi) is 6.02. The number of aliphatic hydroxyl groups is 2. The molecule has 1 saturated heterocycles. The number of hydrogen-bond donors (Lipinski definition) is 4. The second-order valence-electron chi connectivity index (χ2n) is 6.46. The minimum absolute atomic E-state index is 0.0358. The normalized spacial score (nSPS) is 28.4. The summed E-state index contributed by atoms with van der Waals surface area (Å²) in [5.74, 6) is 0.00808. The molecule has 3 unspecified atom stereocenters. The molecule has 2 aliphatic rings. The van der Waals surface area contributed by atoms with Crippen LogP contribution in [0.15, 0.2) is 12.1 Å². The topological polar surface area (TPSA) is 107 Å². The van der Waals surface area contributed by atoms with E-state index in [0.29, 0.717) is 17.1 Å². The number of carbonyl (C=O) groups is 1. The predicted octanol–water partition coefficient (Wildman–Crippen LogP) is -1.71. The summed E-state index contributed by atoms with van der Waals surface area (Å²) in [6.45, 7) is -0.0192. The fourth-order valence-electron chi connectivity index (χ4n) is 3.70. The molecule has 140 valence electrons. The van der Waals surface area contributed by atoms with Gasteiger partial charge in [0.15, 0.2) is 0 Å². The van der Waals surface area contributed by atoms with E-state index in [1.165, 1.54) is 6.07 Å². The molecule has 1 aliphatic carbocycles. The molecule has 1 heterocycles. The van der Waals surface area contributed by atoms with E-state index in [9.17, 15) is 15.0 Å². The Morgan fingerprint density at radius 3 is 2.68 bits per heavy atom. The third-order valence-electron chi connectivity index (χ3n) is 4.95. The molecular weight excluding hydrogens is 482 g/mol. The van der Waals surface area contributed by atoms with Crippen molar-refractivity contribution in [3.8, 4) is 5.75 Å². The van der Waals surface area contributed by atoms with E-state index in [-0.39, 0.29) is 32.6 Å². The van der Waals surface area contributed by atoms with Crippen LogP contribution in [0.25, 0.3) is 0 Å². The number of phenols is 1. The van der Waals surface area contributed by atoms with E-state index >= 15 is 0 Å². The molecule has 25 heavy (non-hydrogen) atoms. The van der Waals surface area contributed by atoms with Crippen molar-refractivity contribution in [3.63, 3.8) is 0 Å². The first-order valence-electron chi connectivity index (χ1n) is 8.01. The number of fused-ring (bicyclic) bond motifs is 2. The first-order valence-corrected chi connectivity index (χ1v) is 11.0. The number of hydrogen-bond acceptors (Lipinski definition) is 5. The number of alkyl halides is 1. The third kappa shape index (κ3) is 3.72. The van der Waals surface area contributed by atoms with Gasteiger partial charge < -0.3 is 0 Å². The third-order valence-corrected chi connectivity index (χ3v) is 9.39. The number of nitrogens with two attached hydrogens (primary N) is 1. The molecule has 1 aromatic rings. The van der Waals surface area contributed by atoms with Crippen molar-refractivity contribution in [2.24, 2.45) is 17.6 Å². The number of amides is 1. The first-order chi connectivity index (χ1) is 11.8. The number of benzene rings is 1. The van der Waals surface area contributed by atoms with Gasteiger partial charge in [0, 0.05) is 0 Å². The maximum absolute atomic E-state index is 12.2. The van der Waals surface area contributed by atoms with E-state index in [1.54, 1.807) is 9.18 Å². The Labute approximate surface area is 166 Å². The number of aliphatic hydroxyl groups excluding tert-OH is 2. The van der Waals surface area contributed by atoms with Gasteiger partial charge in [0.25, 0.3) is 0 Å². The molecule has 6 nitrogen and oxygen atoms in total. The number of rotatable bonds is 4. The molecule has 9 heteroatoms. The Hall–Kier alpha value is -0.320. The Morgan fingerprint density at radius 1 is 1.36 bits per heavy atom. The van der Waals surface area contributed by atoms with Crippen LogP contribution in [0.1, 0.15) is 24.4 Å². The summed E-state index contributed by atoms with van der Waals surface area (Å²) in [5.41, 5.74) is 7.06. The van der Waals surface area contributed by atoms with Gasteiger partial charge in [0.2, 0.25) is 0 Å². The van der Waals surface area contributed by atoms with Crippen LogP contribution < -0.4 is 27.2 Å². The molecule has 1 aromatic carbocycles. The SMILES string of the molecule is N[C@@H](c1cc(Cl)c(Cl)cc1O)C1C2CCC1[I-]N(C(=O)[C@H](O)CO)C2. The van der Waals surface area contributed by atoms with Crippen molar-refractivity contribution in [2.75, 3.05) is 13.2 Å². The maximum atomic E-state index is 12.2. The van der Waals surface area contributed by atoms with Crippen molar-refractivity contribution < 1.29 is 41.6 Å². The van der Waals surface area contributed by atoms with E-state index in [4.69, 9.17) is 34.0 Å². The van der Waals surface area contributed by atoms with Gasteiger partial charge in [-0.3, -0.25) is 0 Å². The van der Waals surface area contributed by atoms with Gasteiger partial charge in [-0.15, -0.1) is 0 Å². The van der Waals surface area contributed by atoms with E-state index < -0.39 is 40.1 Å². The van der Waals surface area contributed by atoms with E-state index in [2.05, 4.69) is 0 Å². The average molecular weight is 502 g/mol. The van der Waals surface area contributed by atoms with Gasteiger partial charge in [-0.25, -0.2) is 0 Å². The number of carbonyl (C=O) groups excluding carboxylic acids is 1. The Bertz CT molecular complexity index is 664. The van der Waals surface area contributed by atoms with Crippen LogP contribution in [-0.4, -0.2) is 47.5 Å². The molecular formula is C16H20Cl2IN2O4-. The van der Waals surface area contributed by atoms with Crippen molar-refractivity contribution in [1.29, 1.82) is 0 Å². The number of phenolic OH excluding ortho intramolecular Hbond substituents is 1. The van der Waals surface area contributed by atoms with Crippen molar-refractivity contribution in [2.45, 2.75) is 28.9 Å². The van der Waals surface area contributed by atoms with Gasteiger partial charge >= 0.3 is 167 Å². The van der Waals surface area contributed by atoms with E-state index in [0.717, 1.165) is 12.8 Å². The standard InChI is InChI=1S/C16H20Cl2IN2O4/c17-9-3-8(12(23)4-10(9)18)15(20)14-7-1-2-11(14)19-21(5-7)16(25)13(24)6-22/h3-4,7,11,13-15,22-24H,1-2,5-6,20H2/q-1/t7?,11?,13-,14?,15+/m1/s1. The van der Waals surface area contributed by atoms with Crippen LogP contribution in [0.2, 0.25) is 10.0 Å². The molecule has 0 spiro atoms. The second kappa shape index (κ2) is 7.74. The minimum atomic E-state index is -1.34. The molecule has 2 bridgehead atoms. The molecule has 1 amide bonds. The molecule has 5 N–H and O–H groups in total. The van der Waals surface area contributed by atoms with Gasteiger partial charge in [0.1, 0.15) is 0 Å². The monoisotopic (exact) mass is 501 g/mol. The molecule has 0 radical (unpaired) electrons. The number of aromatic hydroxyl groups is 1. The summed E-state index contributed by atoms with van der Waals surface area (Å²) in [6, 6.07) is 2.65. The molecule has 1 aliphatic heterocycles. The fraction of sp³-hybridized carbons (Fsp3) is 0.562. The summed E-state index contributed by atoms with van der Waals surface area (Å²) < 4.78 is 2.01. The summed E-state index contributed by atoms with van der Waals surface area (Å²) in [7, 11) is 0. The molecule has 0 aromatic heterocycles. The van der Waals surface area contributed by atoms with Crippen molar-refractivity contribution in [1.82, 2.24) is 3.11 Å². The van der Waals surface area contributed by atoms with Gasteiger partial charge in [-0.05, 0) is 0 Å². The average Bonchev–Trinajstić information content (AvgIpc) is 2.85. The summed E-state index contributed by atoms with van der Waals surface area (Å²) in [5, 5.41) is 29.5. The first kappa shape index (κ1) is 19.4. The zero-order valence-corrected chi connectivity index (χ0v) is 16.9. The summed E-state index contributed by atoms with van der Waals surface area (Å²) in [4.78, 5) is 12.2. The summed E-state index contributed by atoms with van der Waals surface area (Å²) in [6.07, 6.45) is 0.602. The van der Waals surface area contributed by atoms with Gasteiger partial charge in [-0.1, -0.05) is 0 Å². The quantitative estimate of drug-likeness (QED) is 0.223. The molecule has 3 rings (SSSR count). The second-order valence-corrected chi connectivity index (χ2v) is 10.6. The Morgan fingerprint density at radius 2 is 2.04 bits per heavy atom. The van der Waals surface area contributed by atoms with Crippen molar-refractivity contribution in [3.05, 3.63) is 27.7 Å². The zero-order chi connectivity index (χ0) is 18.3. The zero-order valence-electron chi connectivity index (χ0n) is 13.3. The Balaban J connectivity index is 1.79. The van der Waals surface area contributed by atoms with Crippen LogP contribution in [0, 0.1) is 11.8 Å². The van der Waals surface area contributed by atoms with Crippen LogP contribution >= 0.6 is 23.2 Å². The number of nitrogens with zero attached hydrogens (tertiary/aromatic N) is 1.